The van der Waals surface area contributed by atoms with Crippen molar-refractivity contribution in [1.29, 1.82) is 0 Å². The molecule has 0 saturated heterocycles. The van der Waals surface area contributed by atoms with Crippen molar-refractivity contribution in [1.82, 2.24) is 0 Å². The number of aryl methyl sites for hydroxylation is 2. The molecule has 0 aliphatic carbocycles. The van der Waals surface area contributed by atoms with E-state index in [9.17, 15) is 14.4 Å². The summed E-state index contributed by atoms with van der Waals surface area (Å²) in [6.07, 6.45) is 0.793. The Morgan fingerprint density at radius 1 is 1.14 bits per heavy atom. The number of hydrogen-bond donors (Lipinski definition) is 0. The Morgan fingerprint density at radius 3 is 2.66 bits per heavy atom. The summed E-state index contributed by atoms with van der Waals surface area (Å²) in [5.41, 5.74) is 1.99. The molecule has 1 aliphatic heterocycles. The van der Waals surface area contributed by atoms with Gasteiger partial charge in [0.2, 0.25) is 5.91 Å². The van der Waals surface area contributed by atoms with E-state index in [-0.39, 0.29) is 28.7 Å². The maximum Gasteiger partial charge on any atom is 0.336 e. The van der Waals surface area contributed by atoms with E-state index in [1.165, 1.54) is 13.0 Å². The van der Waals surface area contributed by atoms with Crippen LogP contribution < -0.4 is 15.4 Å². The highest BCUT2D eigenvalue weighted by Gasteiger charge is 2.34. The summed E-state index contributed by atoms with van der Waals surface area (Å²) in [7, 11) is 0. The molecule has 0 N–H and O–H groups in total. The average Bonchev–Trinajstić information content (AvgIpc) is 3.01. The van der Waals surface area contributed by atoms with Gasteiger partial charge in [0.15, 0.2) is 5.58 Å². The molecule has 0 bridgehead atoms. The van der Waals surface area contributed by atoms with Gasteiger partial charge in [-0.1, -0.05) is 19.1 Å². The Balaban J connectivity index is 1.81. The molecule has 4 rings (SSSR count). The van der Waals surface area contributed by atoms with E-state index in [2.05, 4.69) is 5.10 Å². The monoisotopic (exact) mass is 390 g/mol. The van der Waals surface area contributed by atoms with Crippen molar-refractivity contribution < 1.29 is 18.7 Å². The predicted octanol–water partition coefficient (Wildman–Crippen LogP) is 3.61. The fraction of sp³-hybridized carbons (Fsp3) is 0.182. The van der Waals surface area contributed by atoms with Gasteiger partial charge in [-0.2, -0.15) is 5.01 Å². The molecule has 2 aromatic carbocycles. The lowest BCUT2D eigenvalue weighted by Crippen LogP contribution is -2.27. The number of anilines is 1. The molecule has 0 unspecified atom stereocenters. The Kier molecular flexibility index (Phi) is 4.50. The molecule has 0 atom stereocenters. The minimum atomic E-state index is -0.552. The molecule has 2 heterocycles. The minimum Gasteiger partial charge on any atom is -0.434 e. The van der Waals surface area contributed by atoms with Crippen molar-refractivity contribution in [3.8, 4) is 5.75 Å². The SMILES string of the molecule is CCc1cccc(N(/N=C2\Oc3ccc4c(C)cc(=O)oc4c3C2=O)C(C)=O)c1. The standard InChI is InChI=1S/C22H18N2O5/c1-4-14-6-5-7-15(11-14)24(13(3)25)23-22-20(27)19-17(28-22)9-8-16-12(2)10-18(26)29-21(16)19/h5-11H,4H2,1-3H3/b23-22-. The molecule has 0 radical (unpaired) electrons. The highest BCUT2D eigenvalue weighted by molar-refractivity contribution is 6.48. The second-order valence-corrected chi connectivity index (χ2v) is 6.75. The zero-order valence-corrected chi connectivity index (χ0v) is 16.2. The number of rotatable bonds is 3. The smallest absolute Gasteiger partial charge is 0.336 e. The van der Waals surface area contributed by atoms with E-state index in [1.807, 2.05) is 25.1 Å². The molecule has 7 heteroatoms. The fourth-order valence-corrected chi connectivity index (χ4v) is 3.30. The summed E-state index contributed by atoms with van der Waals surface area (Å²) < 4.78 is 10.9. The van der Waals surface area contributed by atoms with Gasteiger partial charge < -0.3 is 9.15 Å². The van der Waals surface area contributed by atoms with E-state index in [1.54, 1.807) is 25.1 Å². The number of Topliss-reactive ketones (excluding diaryl/α,β-unsaturated/α-hetero) is 1. The molecule has 0 spiro atoms. The summed E-state index contributed by atoms with van der Waals surface area (Å²) in [5.74, 6) is -0.933. The third-order valence-electron chi connectivity index (χ3n) is 4.76. The Hall–Kier alpha value is -3.74. The van der Waals surface area contributed by atoms with Crippen LogP contribution in [0.3, 0.4) is 0 Å². The van der Waals surface area contributed by atoms with Gasteiger partial charge in [-0.05, 0) is 48.7 Å². The van der Waals surface area contributed by atoms with E-state index in [0.29, 0.717) is 16.6 Å². The number of ketones is 1. The first-order valence-electron chi connectivity index (χ1n) is 9.17. The van der Waals surface area contributed by atoms with Crippen LogP contribution in [-0.2, 0) is 11.2 Å². The largest absolute Gasteiger partial charge is 0.434 e. The van der Waals surface area contributed by atoms with E-state index < -0.39 is 11.4 Å². The third-order valence-corrected chi connectivity index (χ3v) is 4.76. The van der Waals surface area contributed by atoms with Crippen LogP contribution in [0.2, 0.25) is 0 Å². The van der Waals surface area contributed by atoms with Crippen LogP contribution >= 0.6 is 0 Å². The first kappa shape index (κ1) is 18.6. The van der Waals surface area contributed by atoms with Gasteiger partial charge in [-0.3, -0.25) is 9.59 Å². The van der Waals surface area contributed by atoms with Gasteiger partial charge in [-0.25, -0.2) is 4.79 Å². The topological polar surface area (TPSA) is 89.2 Å². The maximum atomic E-state index is 13.0. The molecular formula is C22H18N2O5. The van der Waals surface area contributed by atoms with E-state index in [4.69, 9.17) is 9.15 Å². The van der Waals surface area contributed by atoms with Crippen molar-refractivity contribution in [2.45, 2.75) is 27.2 Å². The molecule has 1 amide bonds. The Bertz CT molecular complexity index is 1260. The van der Waals surface area contributed by atoms with Crippen LogP contribution in [0.5, 0.6) is 5.75 Å². The third kappa shape index (κ3) is 3.20. The lowest BCUT2D eigenvalue weighted by atomic mass is 10.0. The summed E-state index contributed by atoms with van der Waals surface area (Å²) in [5, 5.41) is 5.94. The first-order chi connectivity index (χ1) is 13.9. The average molecular weight is 390 g/mol. The van der Waals surface area contributed by atoms with Gasteiger partial charge in [0.1, 0.15) is 11.3 Å². The van der Waals surface area contributed by atoms with Crippen LogP contribution in [0.4, 0.5) is 5.69 Å². The number of ether oxygens (including phenoxy) is 1. The van der Waals surface area contributed by atoms with Crippen LogP contribution in [0.15, 0.2) is 56.8 Å². The van der Waals surface area contributed by atoms with Crippen LogP contribution in [0, 0.1) is 6.92 Å². The minimum absolute atomic E-state index is 0.132. The lowest BCUT2D eigenvalue weighted by molar-refractivity contribution is -0.116. The normalized spacial score (nSPS) is 14.2. The Labute approximate surface area is 166 Å². The highest BCUT2D eigenvalue weighted by Crippen LogP contribution is 2.34. The van der Waals surface area contributed by atoms with Crippen molar-refractivity contribution in [3.63, 3.8) is 0 Å². The van der Waals surface area contributed by atoms with Crippen LogP contribution in [0.25, 0.3) is 11.0 Å². The molecule has 0 saturated carbocycles. The summed E-state index contributed by atoms with van der Waals surface area (Å²) in [6, 6.07) is 12.0. The molecule has 1 aliphatic rings. The van der Waals surface area contributed by atoms with Gasteiger partial charge in [0, 0.05) is 18.4 Å². The molecule has 7 nitrogen and oxygen atoms in total. The van der Waals surface area contributed by atoms with E-state index in [0.717, 1.165) is 17.0 Å². The summed E-state index contributed by atoms with van der Waals surface area (Å²) in [6.45, 7) is 5.12. The van der Waals surface area contributed by atoms with Crippen LogP contribution in [-0.4, -0.2) is 17.6 Å². The molecule has 0 fully saturated rings. The van der Waals surface area contributed by atoms with Gasteiger partial charge in [-0.15, -0.1) is 5.10 Å². The zero-order valence-electron chi connectivity index (χ0n) is 16.2. The van der Waals surface area contributed by atoms with Crippen LogP contribution in [0.1, 0.15) is 35.3 Å². The van der Waals surface area contributed by atoms with Gasteiger partial charge in [0.05, 0.1) is 5.69 Å². The number of hydrogen-bond acceptors (Lipinski definition) is 6. The highest BCUT2D eigenvalue weighted by atomic mass is 16.5. The molecule has 1 aromatic heterocycles. The lowest BCUT2D eigenvalue weighted by Gasteiger charge is -2.16. The number of carbonyl (C=O) groups excluding carboxylic acids is 2. The number of benzene rings is 2. The fourth-order valence-electron chi connectivity index (χ4n) is 3.30. The van der Waals surface area contributed by atoms with Crippen molar-refractivity contribution in [2.24, 2.45) is 5.10 Å². The number of carbonyl (C=O) groups is 2. The Morgan fingerprint density at radius 2 is 1.93 bits per heavy atom. The van der Waals surface area contributed by atoms with Gasteiger partial charge >= 0.3 is 5.63 Å². The second kappa shape index (κ2) is 7.01. The summed E-state index contributed by atoms with van der Waals surface area (Å²) >= 11 is 0. The molecule has 146 valence electrons. The summed E-state index contributed by atoms with van der Waals surface area (Å²) in [4.78, 5) is 37.0. The number of amides is 1. The van der Waals surface area contributed by atoms with Gasteiger partial charge in [0.25, 0.3) is 11.7 Å². The number of hydrazone groups is 1. The van der Waals surface area contributed by atoms with E-state index >= 15 is 0 Å². The molecular weight excluding hydrogens is 372 g/mol. The number of fused-ring (bicyclic) bond motifs is 3. The van der Waals surface area contributed by atoms with Crippen molar-refractivity contribution in [3.05, 3.63) is 69.6 Å². The quantitative estimate of drug-likeness (QED) is 0.503. The first-order valence-corrected chi connectivity index (χ1v) is 9.17. The predicted molar refractivity (Wildman–Crippen MR) is 109 cm³/mol. The maximum absolute atomic E-state index is 13.0. The number of nitrogens with zero attached hydrogens (tertiary/aromatic N) is 2. The molecule has 3 aromatic rings. The molecule has 29 heavy (non-hydrogen) atoms. The second-order valence-electron chi connectivity index (χ2n) is 6.75. The zero-order chi connectivity index (χ0) is 20.7. The van der Waals surface area contributed by atoms with Crippen molar-refractivity contribution in [2.75, 3.05) is 5.01 Å². The van der Waals surface area contributed by atoms with Crippen molar-refractivity contribution >= 4 is 34.2 Å².